The zero-order valence-electron chi connectivity index (χ0n) is 20.5. The van der Waals surface area contributed by atoms with Crippen LogP contribution in [-0.2, 0) is 23.9 Å². The van der Waals surface area contributed by atoms with Crippen molar-refractivity contribution in [2.75, 3.05) is 25.6 Å². The number of hydrogen-bond acceptors (Lipinski definition) is 5. The second-order valence-electron chi connectivity index (χ2n) is 10.3. The van der Waals surface area contributed by atoms with Gasteiger partial charge in [-0.3, -0.25) is 14.4 Å². The molecule has 1 saturated carbocycles. The molecule has 2 bridgehead atoms. The van der Waals surface area contributed by atoms with E-state index in [4.69, 9.17) is 9.47 Å². The van der Waals surface area contributed by atoms with E-state index in [0.29, 0.717) is 25.3 Å². The van der Waals surface area contributed by atoms with Crippen molar-refractivity contribution < 1.29 is 23.9 Å². The highest BCUT2D eigenvalue weighted by atomic mass is 16.5. The Kier molecular flexibility index (Phi) is 6.68. The van der Waals surface area contributed by atoms with Crippen LogP contribution < -0.4 is 10.6 Å². The molecule has 0 radical (unpaired) electrons. The van der Waals surface area contributed by atoms with E-state index in [1.807, 2.05) is 43.3 Å². The Morgan fingerprint density at radius 1 is 1.14 bits per heavy atom. The van der Waals surface area contributed by atoms with Crippen LogP contribution in [0.3, 0.4) is 0 Å². The highest BCUT2D eigenvalue weighted by Gasteiger charge is 2.72. The first-order valence-corrected chi connectivity index (χ1v) is 12.8. The number of carbonyl (C=O) groups is 3. The van der Waals surface area contributed by atoms with E-state index in [2.05, 4.69) is 10.6 Å². The Bertz CT molecular complexity index is 1000. The fourth-order valence-corrected chi connectivity index (χ4v) is 6.28. The lowest BCUT2D eigenvalue weighted by atomic mass is 9.74. The van der Waals surface area contributed by atoms with Gasteiger partial charge in [0.1, 0.15) is 11.6 Å². The van der Waals surface area contributed by atoms with Crippen molar-refractivity contribution in [1.82, 2.24) is 10.2 Å². The first-order valence-electron chi connectivity index (χ1n) is 12.8. The predicted molar refractivity (Wildman–Crippen MR) is 131 cm³/mol. The smallest absolute Gasteiger partial charge is 0.246 e. The van der Waals surface area contributed by atoms with Crippen molar-refractivity contribution in [2.24, 2.45) is 11.8 Å². The minimum atomic E-state index is -1.12. The second-order valence-corrected chi connectivity index (χ2v) is 10.3. The molecule has 8 nitrogen and oxygen atoms in total. The van der Waals surface area contributed by atoms with Crippen molar-refractivity contribution >= 4 is 23.4 Å². The predicted octanol–water partition coefficient (Wildman–Crippen LogP) is 2.57. The normalized spacial score (nSPS) is 31.6. The van der Waals surface area contributed by atoms with E-state index in [0.717, 1.165) is 31.2 Å². The van der Waals surface area contributed by atoms with Crippen LogP contribution in [0, 0.1) is 18.8 Å². The zero-order valence-corrected chi connectivity index (χ0v) is 20.5. The molecule has 5 unspecified atom stereocenters. The van der Waals surface area contributed by atoms with Crippen LogP contribution in [0.25, 0.3) is 0 Å². The SMILES string of the molecule is COCCCN1C(=O)C2C(C(=O)Nc3ccc(C)cc3)C3C=CC2(O3)C1C(=O)NC1CCCCC1. The molecule has 1 aromatic carbocycles. The third-order valence-corrected chi connectivity index (χ3v) is 7.94. The summed E-state index contributed by atoms with van der Waals surface area (Å²) in [5.41, 5.74) is 0.649. The standard InChI is InChI=1S/C27H35N3O5/c1-17-9-11-19(12-10-17)28-24(31)21-20-13-14-27(35-20)22(21)26(33)30(15-6-16-34-2)23(27)25(32)29-18-7-4-3-5-8-18/h9-14,18,20-23H,3-8,15-16H2,1-2H3,(H,28,31)(H,29,32). The molecule has 0 aromatic heterocycles. The number of likely N-dealkylation sites (tertiary alicyclic amines) is 1. The van der Waals surface area contributed by atoms with Gasteiger partial charge in [-0.05, 0) is 38.3 Å². The maximum absolute atomic E-state index is 13.8. The number of methoxy groups -OCH3 is 1. The van der Waals surface area contributed by atoms with Gasteiger partial charge in [-0.2, -0.15) is 0 Å². The summed E-state index contributed by atoms with van der Waals surface area (Å²) in [4.78, 5) is 42.5. The number of fused-ring (bicyclic) bond motifs is 1. The summed E-state index contributed by atoms with van der Waals surface area (Å²) < 4.78 is 11.6. The summed E-state index contributed by atoms with van der Waals surface area (Å²) in [6.07, 6.45) is 9.07. The lowest BCUT2D eigenvalue weighted by Gasteiger charge is -2.34. The third-order valence-electron chi connectivity index (χ3n) is 7.94. The molecule has 4 aliphatic rings. The van der Waals surface area contributed by atoms with Gasteiger partial charge in [0.05, 0.1) is 17.9 Å². The molecule has 2 saturated heterocycles. The molecular weight excluding hydrogens is 446 g/mol. The van der Waals surface area contributed by atoms with Crippen molar-refractivity contribution in [3.63, 3.8) is 0 Å². The molecule has 2 N–H and O–H groups in total. The summed E-state index contributed by atoms with van der Waals surface area (Å²) in [7, 11) is 1.62. The number of carbonyl (C=O) groups excluding carboxylic acids is 3. The number of nitrogens with one attached hydrogen (secondary N) is 2. The topological polar surface area (TPSA) is 97.0 Å². The Labute approximate surface area is 206 Å². The molecular formula is C27H35N3O5. The van der Waals surface area contributed by atoms with Gasteiger partial charge in [0.15, 0.2) is 0 Å². The van der Waals surface area contributed by atoms with E-state index in [9.17, 15) is 14.4 Å². The summed E-state index contributed by atoms with van der Waals surface area (Å²) in [6, 6.07) is 6.88. The molecule has 188 valence electrons. The van der Waals surface area contributed by atoms with Crippen LogP contribution in [0.1, 0.15) is 44.1 Å². The molecule has 5 atom stereocenters. The molecule has 1 spiro atoms. The average molecular weight is 482 g/mol. The molecule has 3 heterocycles. The maximum Gasteiger partial charge on any atom is 0.246 e. The lowest BCUT2D eigenvalue weighted by molar-refractivity contribution is -0.141. The van der Waals surface area contributed by atoms with E-state index in [1.54, 1.807) is 12.0 Å². The Morgan fingerprint density at radius 3 is 2.60 bits per heavy atom. The number of rotatable bonds is 8. The highest BCUT2D eigenvalue weighted by molar-refractivity contribution is 6.02. The fourth-order valence-electron chi connectivity index (χ4n) is 6.28. The van der Waals surface area contributed by atoms with Crippen molar-refractivity contribution in [3.05, 3.63) is 42.0 Å². The largest absolute Gasteiger partial charge is 0.385 e. The van der Waals surface area contributed by atoms with Gasteiger partial charge in [-0.15, -0.1) is 0 Å². The number of anilines is 1. The molecule has 5 rings (SSSR count). The van der Waals surface area contributed by atoms with Crippen LogP contribution >= 0.6 is 0 Å². The quantitative estimate of drug-likeness (QED) is 0.439. The van der Waals surface area contributed by atoms with Gasteiger partial charge in [0, 0.05) is 32.0 Å². The second kappa shape index (κ2) is 9.74. The van der Waals surface area contributed by atoms with Crippen LogP contribution in [0.4, 0.5) is 5.69 Å². The summed E-state index contributed by atoms with van der Waals surface area (Å²) >= 11 is 0. The zero-order chi connectivity index (χ0) is 24.6. The highest BCUT2D eigenvalue weighted by Crippen LogP contribution is 2.55. The van der Waals surface area contributed by atoms with E-state index < -0.39 is 29.6 Å². The molecule has 1 aromatic rings. The number of benzene rings is 1. The molecule has 8 heteroatoms. The van der Waals surface area contributed by atoms with Crippen LogP contribution in [0.15, 0.2) is 36.4 Å². The maximum atomic E-state index is 13.8. The first kappa shape index (κ1) is 24.0. The summed E-state index contributed by atoms with van der Waals surface area (Å²) in [6.45, 7) is 2.84. The monoisotopic (exact) mass is 481 g/mol. The number of ether oxygens (including phenoxy) is 2. The van der Waals surface area contributed by atoms with Gasteiger partial charge >= 0.3 is 0 Å². The van der Waals surface area contributed by atoms with Gasteiger partial charge in [-0.1, -0.05) is 49.1 Å². The molecule has 3 amide bonds. The van der Waals surface area contributed by atoms with Gasteiger partial charge < -0.3 is 25.0 Å². The Morgan fingerprint density at radius 2 is 1.89 bits per heavy atom. The number of amides is 3. The van der Waals surface area contributed by atoms with Gasteiger partial charge in [0.2, 0.25) is 17.7 Å². The number of nitrogens with zero attached hydrogens (tertiary/aromatic N) is 1. The summed E-state index contributed by atoms with van der Waals surface area (Å²) in [5, 5.41) is 6.16. The first-order chi connectivity index (χ1) is 16.9. The van der Waals surface area contributed by atoms with Crippen molar-refractivity contribution in [1.29, 1.82) is 0 Å². The minimum absolute atomic E-state index is 0.117. The van der Waals surface area contributed by atoms with Gasteiger partial charge in [0.25, 0.3) is 0 Å². The number of aryl methyl sites for hydroxylation is 1. The van der Waals surface area contributed by atoms with E-state index in [-0.39, 0.29) is 23.8 Å². The third kappa shape index (κ3) is 4.27. The summed E-state index contributed by atoms with van der Waals surface area (Å²) in [5.74, 6) is -2.05. The number of hydrogen-bond donors (Lipinski definition) is 2. The molecule has 3 fully saturated rings. The van der Waals surface area contributed by atoms with Crippen LogP contribution in [0.5, 0.6) is 0 Å². The van der Waals surface area contributed by atoms with Crippen LogP contribution in [-0.4, -0.2) is 66.7 Å². The Hall–Kier alpha value is -2.71. The van der Waals surface area contributed by atoms with Crippen molar-refractivity contribution in [2.45, 2.75) is 69.2 Å². The molecule has 35 heavy (non-hydrogen) atoms. The van der Waals surface area contributed by atoms with E-state index >= 15 is 0 Å². The molecule has 3 aliphatic heterocycles. The molecule has 1 aliphatic carbocycles. The fraction of sp³-hybridized carbons (Fsp3) is 0.593. The minimum Gasteiger partial charge on any atom is -0.385 e. The lowest BCUT2D eigenvalue weighted by Crippen LogP contribution is -2.56. The van der Waals surface area contributed by atoms with E-state index in [1.165, 1.54) is 6.42 Å². The Balaban J connectivity index is 1.41. The van der Waals surface area contributed by atoms with Gasteiger partial charge in [-0.25, -0.2) is 0 Å². The van der Waals surface area contributed by atoms with Crippen LogP contribution in [0.2, 0.25) is 0 Å². The average Bonchev–Trinajstić information content (AvgIpc) is 3.49. The van der Waals surface area contributed by atoms with Crippen molar-refractivity contribution in [3.8, 4) is 0 Å².